The highest BCUT2D eigenvalue weighted by molar-refractivity contribution is 7.92. The molecule has 1 unspecified atom stereocenters. The predicted molar refractivity (Wildman–Crippen MR) is 98.3 cm³/mol. The maximum Gasteiger partial charge on any atom is 0.267 e. The molecular formula is C16H20ClFN4O3S. The van der Waals surface area contributed by atoms with Gasteiger partial charge in [-0.15, -0.1) is 12.4 Å². The summed E-state index contributed by atoms with van der Waals surface area (Å²) in [4.78, 5) is 14.5. The van der Waals surface area contributed by atoms with Crippen LogP contribution in [0.25, 0.3) is 0 Å². The van der Waals surface area contributed by atoms with E-state index in [2.05, 4.69) is 15.0 Å². The van der Waals surface area contributed by atoms with Crippen molar-refractivity contribution in [1.82, 2.24) is 10.3 Å². The van der Waals surface area contributed by atoms with Crippen molar-refractivity contribution in [2.24, 2.45) is 11.7 Å². The predicted octanol–water partition coefficient (Wildman–Crippen LogP) is 1.84. The summed E-state index contributed by atoms with van der Waals surface area (Å²) in [5.74, 6) is -0.679. The number of carbonyl (C=O) groups is 1. The van der Waals surface area contributed by atoms with Crippen LogP contribution in [0.1, 0.15) is 23.3 Å². The average Bonchev–Trinajstić information content (AvgIpc) is 3.30. The van der Waals surface area contributed by atoms with Crippen molar-refractivity contribution in [3.05, 3.63) is 48.0 Å². The number of amides is 1. The Kier molecular flexibility index (Phi) is 6.27. The van der Waals surface area contributed by atoms with Crippen LogP contribution in [0.5, 0.6) is 0 Å². The molecule has 1 saturated carbocycles. The lowest BCUT2D eigenvalue weighted by atomic mass is 10.2. The molecule has 0 bridgehead atoms. The molecule has 1 atom stereocenters. The van der Waals surface area contributed by atoms with Gasteiger partial charge in [0.2, 0.25) is 0 Å². The van der Waals surface area contributed by atoms with Crippen LogP contribution in [0, 0.1) is 11.7 Å². The van der Waals surface area contributed by atoms with Gasteiger partial charge in [0, 0.05) is 18.8 Å². The molecule has 5 N–H and O–H groups in total. The van der Waals surface area contributed by atoms with E-state index in [9.17, 15) is 17.6 Å². The lowest BCUT2D eigenvalue weighted by Crippen LogP contribution is -2.38. The highest BCUT2D eigenvalue weighted by Gasteiger charge is 2.28. The van der Waals surface area contributed by atoms with E-state index >= 15 is 0 Å². The molecule has 142 valence electrons. The number of hydrogen-bond donors (Lipinski definition) is 4. The number of para-hydroxylation sites is 1. The summed E-state index contributed by atoms with van der Waals surface area (Å²) in [6.45, 7) is 0.331. The number of hydrogen-bond acceptors (Lipinski definition) is 4. The Labute approximate surface area is 157 Å². The van der Waals surface area contributed by atoms with Crippen LogP contribution in [0.2, 0.25) is 0 Å². The van der Waals surface area contributed by atoms with Crippen molar-refractivity contribution in [3.63, 3.8) is 0 Å². The number of aromatic nitrogens is 1. The van der Waals surface area contributed by atoms with Crippen molar-refractivity contribution in [2.75, 3.05) is 11.3 Å². The van der Waals surface area contributed by atoms with Gasteiger partial charge in [-0.3, -0.25) is 9.52 Å². The first-order valence-corrected chi connectivity index (χ1v) is 9.34. The fourth-order valence-corrected chi connectivity index (χ4v) is 3.47. The second kappa shape index (κ2) is 8.07. The second-order valence-electron chi connectivity index (χ2n) is 6.05. The Balaban J connectivity index is 0.00000243. The minimum atomic E-state index is -4.01. The number of H-pyrrole nitrogens is 1. The number of benzene rings is 1. The molecule has 0 spiro atoms. The SMILES string of the molecule is Cl.NC(CNC(=O)c1cc(S(=O)(=O)Nc2ccccc2F)c[nH]1)C1CC1. The van der Waals surface area contributed by atoms with E-state index < -0.39 is 21.7 Å². The highest BCUT2D eigenvalue weighted by atomic mass is 35.5. The van der Waals surface area contributed by atoms with Gasteiger partial charge in [-0.25, -0.2) is 12.8 Å². The summed E-state index contributed by atoms with van der Waals surface area (Å²) < 4.78 is 40.4. The van der Waals surface area contributed by atoms with Gasteiger partial charge in [-0.2, -0.15) is 0 Å². The molecule has 0 saturated heterocycles. The first-order valence-electron chi connectivity index (χ1n) is 7.86. The van der Waals surface area contributed by atoms with E-state index in [0.717, 1.165) is 18.9 Å². The highest BCUT2D eigenvalue weighted by Crippen LogP contribution is 2.31. The zero-order valence-corrected chi connectivity index (χ0v) is 15.4. The molecule has 10 heteroatoms. The number of anilines is 1. The largest absolute Gasteiger partial charge is 0.356 e. The van der Waals surface area contributed by atoms with Crippen molar-refractivity contribution in [3.8, 4) is 0 Å². The van der Waals surface area contributed by atoms with Gasteiger partial charge in [-0.05, 0) is 37.0 Å². The number of nitrogens with one attached hydrogen (secondary N) is 3. The third-order valence-corrected chi connectivity index (χ3v) is 5.40. The molecule has 0 aliphatic heterocycles. The molecular weight excluding hydrogens is 383 g/mol. The molecule has 0 radical (unpaired) electrons. The van der Waals surface area contributed by atoms with Crippen molar-refractivity contribution >= 4 is 34.0 Å². The molecule has 26 heavy (non-hydrogen) atoms. The van der Waals surface area contributed by atoms with E-state index in [4.69, 9.17) is 5.73 Å². The fourth-order valence-electron chi connectivity index (χ4n) is 2.41. The monoisotopic (exact) mass is 402 g/mol. The maximum atomic E-state index is 13.6. The summed E-state index contributed by atoms with van der Waals surface area (Å²) in [5.41, 5.74) is 5.85. The van der Waals surface area contributed by atoms with Gasteiger partial charge in [0.05, 0.1) is 5.69 Å². The Morgan fingerprint density at radius 2 is 2.04 bits per heavy atom. The first-order chi connectivity index (χ1) is 11.9. The molecule has 1 amide bonds. The Morgan fingerprint density at radius 1 is 1.35 bits per heavy atom. The van der Waals surface area contributed by atoms with Gasteiger partial charge in [-0.1, -0.05) is 12.1 Å². The minimum Gasteiger partial charge on any atom is -0.356 e. The van der Waals surface area contributed by atoms with E-state index in [0.29, 0.717) is 12.5 Å². The Morgan fingerprint density at radius 3 is 2.69 bits per heavy atom. The van der Waals surface area contributed by atoms with Crippen LogP contribution in [-0.4, -0.2) is 31.9 Å². The van der Waals surface area contributed by atoms with Crippen LogP contribution in [0.3, 0.4) is 0 Å². The number of carbonyl (C=O) groups excluding carboxylic acids is 1. The lowest BCUT2D eigenvalue weighted by molar-refractivity contribution is 0.0946. The fraction of sp³-hybridized carbons (Fsp3) is 0.312. The van der Waals surface area contributed by atoms with Crippen LogP contribution >= 0.6 is 12.4 Å². The van der Waals surface area contributed by atoms with E-state index in [-0.39, 0.29) is 34.7 Å². The average molecular weight is 403 g/mol. The quantitative estimate of drug-likeness (QED) is 0.565. The van der Waals surface area contributed by atoms with Crippen molar-refractivity contribution < 1.29 is 17.6 Å². The van der Waals surface area contributed by atoms with Crippen molar-refractivity contribution in [1.29, 1.82) is 0 Å². The molecule has 1 aromatic heterocycles. The summed E-state index contributed by atoms with van der Waals surface area (Å²) in [7, 11) is -4.01. The zero-order valence-electron chi connectivity index (χ0n) is 13.7. The summed E-state index contributed by atoms with van der Waals surface area (Å²) in [5, 5.41) is 2.67. The van der Waals surface area contributed by atoms with Gasteiger partial charge >= 0.3 is 0 Å². The summed E-state index contributed by atoms with van der Waals surface area (Å²) >= 11 is 0. The molecule has 3 rings (SSSR count). The zero-order chi connectivity index (χ0) is 18.0. The minimum absolute atomic E-state index is 0. The molecule has 1 fully saturated rings. The van der Waals surface area contributed by atoms with E-state index in [1.54, 1.807) is 0 Å². The molecule has 2 aromatic rings. The normalized spacial score (nSPS) is 15.0. The van der Waals surface area contributed by atoms with E-state index in [1.165, 1.54) is 30.5 Å². The van der Waals surface area contributed by atoms with Crippen LogP contribution in [0.15, 0.2) is 41.4 Å². The van der Waals surface area contributed by atoms with Gasteiger partial charge in [0.25, 0.3) is 15.9 Å². The maximum absolute atomic E-state index is 13.6. The molecule has 1 aliphatic carbocycles. The second-order valence-corrected chi connectivity index (χ2v) is 7.73. The molecule has 1 aliphatic rings. The number of aromatic amines is 1. The first kappa shape index (κ1) is 20.2. The van der Waals surface area contributed by atoms with Gasteiger partial charge in [0.15, 0.2) is 0 Å². The number of sulfonamides is 1. The van der Waals surface area contributed by atoms with Crippen LogP contribution in [-0.2, 0) is 10.0 Å². The summed E-state index contributed by atoms with van der Waals surface area (Å²) in [6, 6.07) is 6.54. The standard InChI is InChI=1S/C16H19FN4O3S.ClH/c17-12-3-1-2-4-14(12)21-25(23,24)11-7-15(19-8-11)16(22)20-9-13(18)10-5-6-10;/h1-4,7-8,10,13,19,21H,5-6,9,18H2,(H,20,22);1H. The van der Waals surface area contributed by atoms with Gasteiger partial charge in [0.1, 0.15) is 16.4 Å². The third kappa shape index (κ3) is 4.75. The van der Waals surface area contributed by atoms with E-state index in [1.807, 2.05) is 0 Å². The molecule has 1 heterocycles. The number of nitrogens with two attached hydrogens (primary N) is 1. The summed E-state index contributed by atoms with van der Waals surface area (Å²) in [6.07, 6.45) is 3.33. The van der Waals surface area contributed by atoms with Crippen LogP contribution < -0.4 is 15.8 Å². The van der Waals surface area contributed by atoms with Crippen LogP contribution in [0.4, 0.5) is 10.1 Å². The van der Waals surface area contributed by atoms with Crippen molar-refractivity contribution in [2.45, 2.75) is 23.8 Å². The Hall–Kier alpha value is -2.10. The lowest BCUT2D eigenvalue weighted by Gasteiger charge is -2.10. The van der Waals surface area contributed by atoms with Gasteiger partial charge < -0.3 is 16.0 Å². The molecule has 7 nitrogen and oxygen atoms in total. The Bertz CT molecular complexity index is 883. The number of halogens is 2. The number of rotatable bonds is 7. The third-order valence-electron chi connectivity index (χ3n) is 4.06. The molecule has 1 aromatic carbocycles. The topological polar surface area (TPSA) is 117 Å². The smallest absolute Gasteiger partial charge is 0.267 e.